The first-order valence-corrected chi connectivity index (χ1v) is 30.5. The number of benzene rings is 11. The molecule has 0 aliphatic heterocycles. The van der Waals surface area contributed by atoms with Crippen LogP contribution in [-0.2, 0) is 106 Å². The second kappa shape index (κ2) is 44.5. The summed E-state index contributed by atoms with van der Waals surface area (Å²) in [6.45, 7) is 4.50. The Kier molecular flexibility index (Phi) is 36.9. The number of para-hydroxylation sites is 1. The molecule has 1 aliphatic rings. The molecule has 12 aromatic rings. The molecule has 11 nitrogen and oxygen atoms in total. The van der Waals surface area contributed by atoms with Crippen LogP contribution in [0.3, 0.4) is 0 Å². The number of hydrogen-bond donors (Lipinski definition) is 5. The molecule has 1 aromatic heterocycles. The smallest absolute Gasteiger partial charge is 0.116 e. The van der Waals surface area contributed by atoms with E-state index >= 15 is 0 Å². The summed E-state index contributed by atoms with van der Waals surface area (Å²) in [5, 5.41) is 61.1. The van der Waals surface area contributed by atoms with Crippen molar-refractivity contribution in [1.29, 1.82) is 0 Å². The molecule has 0 atom stereocenters. The topological polar surface area (TPSA) is 185 Å². The van der Waals surface area contributed by atoms with Gasteiger partial charge in [0.25, 0.3) is 0 Å². The Morgan fingerprint density at radius 2 is 0.830 bits per heavy atom. The molecule has 0 spiro atoms. The van der Waals surface area contributed by atoms with E-state index in [4.69, 9.17) is 26.1 Å². The van der Waals surface area contributed by atoms with Gasteiger partial charge >= 0.3 is 0 Å². The van der Waals surface area contributed by atoms with Crippen molar-refractivity contribution >= 4 is 87.0 Å². The van der Waals surface area contributed by atoms with E-state index in [2.05, 4.69) is 144 Å². The standard InChI is InChI=1S/C21H16N2.C18H16N2.C15H10N2O.2C15H12N2.5Ir/c22-15-20(18-9-5-2-6-10-18)16-23-21-13-11-19(12-14-21)17-7-3-1-4-8-17;1-18(2)16-7-4-3-6-14(16)15-12-13(8-9-17(15)18)20-11-5-10-19;16-9-4-10-17-13-7-3-6-12-11-5-1-2-8-14(11)18-15(12)13;16-10-5-11-17-15-9-4-8-14(12-15)13-6-2-1-3-7-13;16-11-4-12-17-15-9-7-14(8-10-15)13-5-2-1-3-6-13;;;;;/h1-13,15-16,23H;3-7,9-12,20H,1-2H3;1-6,8-10,17H;1-8,10-12,17H;1-9,11-12,17H;;;;;/q5*-2;;;;;/b20-16+;11-5-;10-4-;11-5-;12-4-;;;;;. The molecule has 0 amide bonds. The van der Waals surface area contributed by atoms with Gasteiger partial charge in [-0.2, -0.15) is 116 Å². The van der Waals surface area contributed by atoms with Crippen molar-refractivity contribution in [2.75, 3.05) is 26.6 Å². The number of fused-ring (bicyclic) bond motifs is 6. The fourth-order valence-corrected chi connectivity index (χ4v) is 10.2. The molecule has 11 aromatic carbocycles. The van der Waals surface area contributed by atoms with Gasteiger partial charge in [-0.1, -0.05) is 241 Å². The first-order valence-electron chi connectivity index (χ1n) is 30.5. The van der Waals surface area contributed by atoms with Crippen LogP contribution in [0, 0.1) is 30.3 Å². The van der Waals surface area contributed by atoms with Gasteiger partial charge in [-0.05, 0) is 69.8 Å². The van der Waals surface area contributed by atoms with Gasteiger partial charge in [-0.25, -0.2) is 0 Å². The van der Waals surface area contributed by atoms with Crippen LogP contribution in [0.4, 0.5) is 28.4 Å². The SMILES string of the molecule is CC1(C)c2c[c-]c(N/C=C\C=[N-])cc2-c2ccccc21.[Ir].[Ir].[Ir].[Ir].[Ir].[N-]=C/C(=C\Nc1[c-]cc(-c2ccccc2)cc1)c1ccccc1.[N-]=C/C=C\Nc1[c-]cc(-c2ccccc2)cc1.[N-]=C/C=C\Nc1[c-]ccc(-c2ccccc2)c1.[N-]=C/C=C\Nc1[c-]ccc2c1oc1ccccc12. The Labute approximate surface area is 654 Å². The average Bonchev–Trinajstić information content (AvgIpc) is 1.59. The van der Waals surface area contributed by atoms with E-state index in [0.29, 0.717) is 5.57 Å². The fraction of sp³-hybridized carbons (Fsp3) is 0.0357. The number of hydrogen-bond acceptors (Lipinski definition) is 6. The van der Waals surface area contributed by atoms with Gasteiger partial charge in [0.1, 0.15) is 5.58 Å². The molecule has 0 bridgehead atoms. The largest absolute Gasteiger partial charge is 0.811 e. The number of nitrogens with zero attached hydrogens (tertiary/aromatic N) is 5. The van der Waals surface area contributed by atoms with E-state index < -0.39 is 0 Å². The molecule has 100 heavy (non-hydrogen) atoms. The van der Waals surface area contributed by atoms with E-state index in [1.807, 2.05) is 176 Å². The zero-order chi connectivity index (χ0) is 66.3. The summed E-state index contributed by atoms with van der Waals surface area (Å²) in [4.78, 5) is 0. The zero-order valence-corrected chi connectivity index (χ0v) is 66.0. The maximum Gasteiger partial charge on any atom is 0.116 e. The number of allylic oxidation sites excluding steroid dienone is 5. The van der Waals surface area contributed by atoms with Crippen LogP contribution in [-0.4, -0.2) is 31.1 Å². The molecule has 1 aliphatic carbocycles. The maximum atomic E-state index is 9.41. The number of anilines is 5. The third-order valence-electron chi connectivity index (χ3n) is 14.9. The Balaban J connectivity index is 0.000000263. The average molecular weight is 2190 g/mol. The van der Waals surface area contributed by atoms with Gasteiger partial charge in [-0.3, -0.25) is 0 Å². The predicted octanol–water partition coefficient (Wildman–Crippen LogP) is 21.0. The normalized spacial score (nSPS) is 11.1. The zero-order valence-electron chi connectivity index (χ0n) is 54.1. The molecule has 13 rings (SSSR count). The van der Waals surface area contributed by atoms with Crippen molar-refractivity contribution in [2.45, 2.75) is 19.3 Å². The molecule has 0 fully saturated rings. The molecule has 1 heterocycles. The number of rotatable bonds is 19. The summed E-state index contributed by atoms with van der Waals surface area (Å²) >= 11 is 0. The fourth-order valence-electron chi connectivity index (χ4n) is 10.2. The molecule has 16 heteroatoms. The molecule has 5 N–H and O–H groups in total. The molecule has 5 radical (unpaired) electrons. The number of furan rings is 1. The summed E-state index contributed by atoms with van der Waals surface area (Å²) in [6, 6.07) is 98.3. The molecule has 0 saturated heterocycles. The van der Waals surface area contributed by atoms with Crippen molar-refractivity contribution in [3.8, 4) is 44.5 Å². The van der Waals surface area contributed by atoms with Crippen molar-refractivity contribution < 1.29 is 105 Å². The van der Waals surface area contributed by atoms with E-state index in [-0.39, 0.29) is 106 Å². The van der Waals surface area contributed by atoms with Crippen LogP contribution in [0.15, 0.2) is 308 Å². The first kappa shape index (κ1) is 82.9. The van der Waals surface area contributed by atoms with E-state index in [1.165, 1.54) is 57.2 Å². The van der Waals surface area contributed by atoms with Crippen LogP contribution in [0.5, 0.6) is 0 Å². The van der Waals surface area contributed by atoms with Crippen LogP contribution < -0.4 is 26.6 Å². The monoisotopic (exact) mass is 2200 g/mol. The summed E-state index contributed by atoms with van der Waals surface area (Å²) < 4.78 is 5.81. The second-order valence-corrected chi connectivity index (χ2v) is 21.5. The van der Waals surface area contributed by atoms with Crippen molar-refractivity contribution in [1.82, 2.24) is 0 Å². The molecular formula is C84H66Ir5N10O-10. The Bertz CT molecular complexity index is 4640. The quantitative estimate of drug-likeness (QED) is 0.0396. The Morgan fingerprint density at radius 1 is 0.370 bits per heavy atom. The van der Waals surface area contributed by atoms with Gasteiger partial charge in [0, 0.05) is 118 Å². The molecular weight excluding hydrogens is 2130 g/mol. The van der Waals surface area contributed by atoms with E-state index in [0.717, 1.165) is 104 Å². The van der Waals surface area contributed by atoms with E-state index in [9.17, 15) is 5.41 Å². The van der Waals surface area contributed by atoms with Gasteiger partial charge < -0.3 is 58.0 Å². The minimum Gasteiger partial charge on any atom is -0.811 e. The summed E-state index contributed by atoms with van der Waals surface area (Å²) in [5.41, 5.74) is 19.6. The Hall–Kier alpha value is -9.48. The predicted molar refractivity (Wildman–Crippen MR) is 404 cm³/mol. The minimum absolute atomic E-state index is 0. The summed E-state index contributed by atoms with van der Waals surface area (Å²) in [5.74, 6) is 0. The van der Waals surface area contributed by atoms with Crippen molar-refractivity contribution in [2.24, 2.45) is 0 Å². The van der Waals surface area contributed by atoms with Gasteiger partial charge in [0.15, 0.2) is 0 Å². The number of nitrogens with one attached hydrogen (secondary N) is 5. The third-order valence-corrected chi connectivity index (χ3v) is 14.9. The summed E-state index contributed by atoms with van der Waals surface area (Å²) in [6.07, 6.45) is 19.5. The van der Waals surface area contributed by atoms with Crippen LogP contribution in [0.1, 0.15) is 30.5 Å². The molecule has 0 unspecified atom stereocenters. The van der Waals surface area contributed by atoms with Crippen LogP contribution in [0.25, 0.3) is 99.1 Å². The van der Waals surface area contributed by atoms with Gasteiger partial charge in [0.2, 0.25) is 0 Å². The van der Waals surface area contributed by atoms with Gasteiger partial charge in [0.05, 0.1) is 0 Å². The third kappa shape index (κ3) is 23.9. The van der Waals surface area contributed by atoms with Crippen LogP contribution >= 0.6 is 0 Å². The van der Waals surface area contributed by atoms with Crippen LogP contribution in [0.2, 0.25) is 0 Å². The second-order valence-electron chi connectivity index (χ2n) is 21.5. The Morgan fingerprint density at radius 3 is 1.37 bits per heavy atom. The molecule has 513 valence electrons. The maximum absolute atomic E-state index is 9.41. The molecule has 0 saturated carbocycles. The first-order chi connectivity index (χ1) is 46.7. The minimum atomic E-state index is 0. The van der Waals surface area contributed by atoms with Crippen molar-refractivity contribution in [3.05, 3.63) is 378 Å². The van der Waals surface area contributed by atoms with Gasteiger partial charge in [-0.15, -0.1) is 52.1 Å². The van der Waals surface area contributed by atoms with E-state index in [1.54, 1.807) is 37.1 Å². The summed E-state index contributed by atoms with van der Waals surface area (Å²) in [7, 11) is 0. The van der Waals surface area contributed by atoms with Crippen molar-refractivity contribution in [3.63, 3.8) is 0 Å².